The highest BCUT2D eigenvalue weighted by Crippen LogP contribution is 2.46. The number of hydrogen-bond acceptors (Lipinski definition) is 9. The number of nitrogens with zero attached hydrogens (tertiary/aromatic N) is 3. The van der Waals surface area contributed by atoms with E-state index in [9.17, 15) is 14.7 Å². The number of benzene rings is 2. The summed E-state index contributed by atoms with van der Waals surface area (Å²) in [5, 5.41) is 11.8. The largest absolute Gasteiger partial charge is 0.503 e. The summed E-state index contributed by atoms with van der Waals surface area (Å²) in [6, 6.07) is 12.1. The Morgan fingerprint density at radius 1 is 1.08 bits per heavy atom. The number of aliphatic hydroxyl groups is 1. The molecule has 0 aliphatic carbocycles. The fourth-order valence-corrected chi connectivity index (χ4v) is 5.74. The lowest BCUT2D eigenvalue weighted by atomic mass is 9.94. The van der Waals surface area contributed by atoms with Crippen LogP contribution in [0.5, 0.6) is 17.2 Å². The summed E-state index contributed by atoms with van der Waals surface area (Å²) in [5.74, 6) is -0.442. The molecule has 0 spiro atoms. The monoisotopic (exact) mass is 551 g/mol. The molecule has 2 heterocycles. The van der Waals surface area contributed by atoms with Crippen LogP contribution in [0.15, 0.2) is 53.8 Å². The summed E-state index contributed by atoms with van der Waals surface area (Å²) < 4.78 is 16.6. The smallest absolute Gasteiger partial charge is 0.290 e. The molecule has 1 N–H and O–H groups in total. The van der Waals surface area contributed by atoms with Gasteiger partial charge in [-0.1, -0.05) is 30.3 Å². The normalized spacial score (nSPS) is 15.3. The Balaban J connectivity index is 1.83. The highest BCUT2D eigenvalue weighted by molar-refractivity contribution is 7.17. The predicted molar refractivity (Wildman–Crippen MR) is 150 cm³/mol. The molecule has 0 radical (unpaired) electrons. The topological polar surface area (TPSA) is 101 Å². The van der Waals surface area contributed by atoms with Gasteiger partial charge >= 0.3 is 0 Å². The average molecular weight is 552 g/mol. The lowest BCUT2D eigenvalue weighted by Crippen LogP contribution is -2.33. The number of methoxy groups -OCH3 is 3. The summed E-state index contributed by atoms with van der Waals surface area (Å²) in [7, 11) is 8.40. The van der Waals surface area contributed by atoms with Gasteiger partial charge < -0.3 is 29.1 Å². The van der Waals surface area contributed by atoms with E-state index in [-0.39, 0.29) is 5.57 Å². The van der Waals surface area contributed by atoms with Crippen LogP contribution < -0.4 is 14.2 Å². The van der Waals surface area contributed by atoms with E-state index in [0.717, 1.165) is 12.1 Å². The summed E-state index contributed by atoms with van der Waals surface area (Å²) in [5.41, 5.74) is 1.98. The zero-order valence-electron chi connectivity index (χ0n) is 23.0. The number of aryl methyl sites for hydroxylation is 1. The predicted octanol–water partition coefficient (Wildman–Crippen LogP) is 4.67. The van der Waals surface area contributed by atoms with Gasteiger partial charge in [-0.3, -0.25) is 9.59 Å². The molecule has 1 aliphatic rings. The minimum atomic E-state index is -0.859. The van der Waals surface area contributed by atoms with Crippen molar-refractivity contribution in [1.82, 2.24) is 14.8 Å². The van der Waals surface area contributed by atoms with Crippen LogP contribution in [0.2, 0.25) is 0 Å². The number of carbonyl (C=O) groups excluding carboxylic acids is 2. The van der Waals surface area contributed by atoms with Crippen LogP contribution in [0, 0.1) is 6.92 Å². The first-order valence-corrected chi connectivity index (χ1v) is 13.3. The standard InChI is InChI=1S/C29H33N3O6S/c1-17-27(39-28(30-17)18-11-8-7-9-12-18)24(33)22-23(32(29(35)25(22)34)14-10-13-31(2)3)19-15-20(36-4)26(38-6)21(16-19)37-5/h7-9,11-12,15-16,23,34H,10,13-14H2,1-6H3/t23-/m0/s1. The van der Waals surface area contributed by atoms with Crippen molar-refractivity contribution >= 4 is 23.0 Å². The van der Waals surface area contributed by atoms with Gasteiger partial charge in [-0.15, -0.1) is 11.3 Å². The molecule has 0 fully saturated rings. The van der Waals surface area contributed by atoms with Gasteiger partial charge in [-0.2, -0.15) is 0 Å². The first kappa shape index (κ1) is 28.1. The van der Waals surface area contributed by atoms with Crippen molar-refractivity contribution in [2.45, 2.75) is 19.4 Å². The van der Waals surface area contributed by atoms with E-state index >= 15 is 0 Å². The Bertz CT molecular complexity index is 1370. The van der Waals surface area contributed by atoms with Crippen molar-refractivity contribution in [2.24, 2.45) is 0 Å². The zero-order chi connectivity index (χ0) is 28.3. The fraction of sp³-hybridized carbons (Fsp3) is 0.345. The van der Waals surface area contributed by atoms with E-state index in [1.807, 2.05) is 49.3 Å². The molecule has 0 saturated carbocycles. The Morgan fingerprint density at radius 3 is 2.28 bits per heavy atom. The molecule has 0 bridgehead atoms. The third kappa shape index (κ3) is 5.48. The van der Waals surface area contributed by atoms with Crippen LogP contribution in [0.3, 0.4) is 0 Å². The van der Waals surface area contributed by atoms with Gasteiger partial charge in [-0.05, 0) is 51.7 Å². The van der Waals surface area contributed by atoms with Gasteiger partial charge in [0.05, 0.1) is 43.5 Å². The van der Waals surface area contributed by atoms with Crippen molar-refractivity contribution in [3.05, 3.63) is 69.9 Å². The van der Waals surface area contributed by atoms with Gasteiger partial charge in [0.15, 0.2) is 17.3 Å². The van der Waals surface area contributed by atoms with E-state index < -0.39 is 23.5 Å². The maximum absolute atomic E-state index is 14.1. The van der Waals surface area contributed by atoms with Crippen molar-refractivity contribution in [1.29, 1.82) is 0 Å². The summed E-state index contributed by atoms with van der Waals surface area (Å²) >= 11 is 1.24. The zero-order valence-corrected chi connectivity index (χ0v) is 23.8. The lowest BCUT2D eigenvalue weighted by Gasteiger charge is -2.28. The number of Topliss-reactive ketones (excluding diaryl/α,β-unsaturated/α-hetero) is 1. The van der Waals surface area contributed by atoms with Crippen molar-refractivity contribution in [2.75, 3.05) is 48.5 Å². The first-order chi connectivity index (χ1) is 18.7. The number of thiazole rings is 1. The third-order valence-corrected chi connectivity index (χ3v) is 7.78. The second-order valence-electron chi connectivity index (χ2n) is 9.41. The molecule has 10 heteroatoms. The molecule has 0 unspecified atom stereocenters. The molecular formula is C29H33N3O6S. The Morgan fingerprint density at radius 2 is 1.72 bits per heavy atom. The minimum absolute atomic E-state index is 0.00508. The van der Waals surface area contributed by atoms with Gasteiger partial charge in [0.2, 0.25) is 11.5 Å². The Labute approximate surface area is 232 Å². The molecule has 1 atom stereocenters. The average Bonchev–Trinajstić information content (AvgIpc) is 3.45. The maximum Gasteiger partial charge on any atom is 0.290 e. The number of ether oxygens (including phenoxy) is 3. The van der Waals surface area contributed by atoms with Crippen LogP contribution in [0.1, 0.15) is 33.4 Å². The third-order valence-electron chi connectivity index (χ3n) is 6.58. The van der Waals surface area contributed by atoms with E-state index in [4.69, 9.17) is 14.2 Å². The summed E-state index contributed by atoms with van der Waals surface area (Å²) in [6.07, 6.45) is 0.645. The second-order valence-corrected chi connectivity index (χ2v) is 10.4. The summed E-state index contributed by atoms with van der Waals surface area (Å²) in [6.45, 7) is 2.81. The van der Waals surface area contributed by atoms with Crippen molar-refractivity contribution < 1.29 is 28.9 Å². The van der Waals surface area contributed by atoms with Gasteiger partial charge in [0.25, 0.3) is 5.91 Å². The number of hydrogen-bond donors (Lipinski definition) is 1. The molecular weight excluding hydrogens is 518 g/mol. The lowest BCUT2D eigenvalue weighted by molar-refractivity contribution is -0.129. The molecule has 1 amide bonds. The second kappa shape index (κ2) is 11.9. The number of carbonyl (C=O) groups is 2. The maximum atomic E-state index is 14.1. The Kier molecular flexibility index (Phi) is 8.57. The number of amides is 1. The SMILES string of the molecule is COc1cc([C@H]2C(C(=O)c3sc(-c4ccccc4)nc3C)=C(O)C(=O)N2CCCN(C)C)cc(OC)c1OC. The number of ketones is 1. The van der Waals surface area contributed by atoms with Crippen LogP contribution in [-0.4, -0.2) is 80.1 Å². The molecule has 9 nitrogen and oxygen atoms in total. The van der Waals surface area contributed by atoms with E-state index in [1.165, 1.54) is 37.6 Å². The molecule has 39 heavy (non-hydrogen) atoms. The van der Waals surface area contributed by atoms with E-state index in [0.29, 0.717) is 51.4 Å². The van der Waals surface area contributed by atoms with Crippen molar-refractivity contribution in [3.8, 4) is 27.8 Å². The van der Waals surface area contributed by atoms with Crippen LogP contribution in [-0.2, 0) is 4.79 Å². The molecule has 3 aromatic rings. The highest BCUT2D eigenvalue weighted by atomic mass is 32.1. The van der Waals surface area contributed by atoms with Crippen LogP contribution in [0.4, 0.5) is 0 Å². The fourth-order valence-electron chi connectivity index (χ4n) is 4.71. The quantitative estimate of drug-likeness (QED) is 0.343. The first-order valence-electron chi connectivity index (χ1n) is 12.5. The molecule has 2 aromatic carbocycles. The minimum Gasteiger partial charge on any atom is -0.503 e. The van der Waals surface area contributed by atoms with Gasteiger partial charge in [0, 0.05) is 12.1 Å². The highest BCUT2D eigenvalue weighted by Gasteiger charge is 2.45. The number of rotatable bonds is 11. The Hall–Kier alpha value is -3.89. The van der Waals surface area contributed by atoms with Crippen molar-refractivity contribution in [3.63, 3.8) is 0 Å². The molecule has 4 rings (SSSR count). The molecule has 0 saturated heterocycles. The van der Waals surface area contributed by atoms with Crippen LogP contribution >= 0.6 is 11.3 Å². The number of aliphatic hydroxyl groups excluding tert-OH is 1. The van der Waals surface area contributed by atoms with Gasteiger partial charge in [0.1, 0.15) is 5.01 Å². The van der Waals surface area contributed by atoms with E-state index in [1.54, 1.807) is 19.1 Å². The van der Waals surface area contributed by atoms with Crippen LogP contribution in [0.25, 0.3) is 10.6 Å². The number of aromatic nitrogens is 1. The molecule has 1 aliphatic heterocycles. The van der Waals surface area contributed by atoms with E-state index in [2.05, 4.69) is 4.98 Å². The molecule has 1 aromatic heterocycles. The van der Waals surface area contributed by atoms with Gasteiger partial charge in [-0.25, -0.2) is 4.98 Å². The molecule has 206 valence electrons. The summed E-state index contributed by atoms with van der Waals surface area (Å²) in [4.78, 5) is 36.0.